The molecule has 4 rings (SSSR count). The van der Waals surface area contributed by atoms with E-state index < -0.39 is 0 Å². The summed E-state index contributed by atoms with van der Waals surface area (Å²) in [6.07, 6.45) is 9.65. The molecule has 2 aromatic carbocycles. The normalized spacial score (nSPS) is 14.5. The second-order valence-electron chi connectivity index (χ2n) is 5.83. The number of nitrogens with zero attached hydrogens (tertiary/aromatic N) is 2. The van der Waals surface area contributed by atoms with Crippen LogP contribution < -0.4 is 0 Å². The van der Waals surface area contributed by atoms with Crippen molar-refractivity contribution in [3.63, 3.8) is 0 Å². The van der Waals surface area contributed by atoms with Gasteiger partial charge in [0.2, 0.25) is 0 Å². The van der Waals surface area contributed by atoms with Gasteiger partial charge < -0.3 is 0 Å². The van der Waals surface area contributed by atoms with E-state index in [0.717, 1.165) is 34.5 Å². The fraction of sp³-hybridized carbons (Fsp3) is 0.0952. The van der Waals surface area contributed by atoms with Crippen LogP contribution in [0.3, 0.4) is 0 Å². The van der Waals surface area contributed by atoms with Crippen LogP contribution in [0.15, 0.2) is 84.5 Å². The minimum atomic E-state index is 0.959. The number of para-hydroxylation sites is 3. The Balaban J connectivity index is 1.97. The highest BCUT2D eigenvalue weighted by Gasteiger charge is 2.14. The Morgan fingerprint density at radius 1 is 0.957 bits per heavy atom. The van der Waals surface area contributed by atoms with Crippen LogP contribution >= 0.6 is 0 Å². The Hall–Kier alpha value is -2.87. The third kappa shape index (κ3) is 2.53. The molecule has 0 spiro atoms. The molecule has 0 bridgehead atoms. The number of allylic oxidation sites excluding steroid dienone is 6. The number of fused-ring (bicyclic) bond motifs is 1. The molecule has 0 atom stereocenters. The summed E-state index contributed by atoms with van der Waals surface area (Å²) in [5.74, 6) is 0.997. The van der Waals surface area contributed by atoms with Crippen LogP contribution in [0, 0.1) is 0 Å². The lowest BCUT2D eigenvalue weighted by Crippen LogP contribution is -1.99. The predicted molar refractivity (Wildman–Crippen MR) is 96.6 cm³/mol. The van der Waals surface area contributed by atoms with Gasteiger partial charge in [0, 0.05) is 11.3 Å². The summed E-state index contributed by atoms with van der Waals surface area (Å²) in [6.45, 7) is 2.16. The monoisotopic (exact) mass is 298 g/mol. The molecule has 1 heterocycles. The predicted octanol–water partition coefficient (Wildman–Crippen LogP) is 5.32. The van der Waals surface area contributed by atoms with Crippen LogP contribution in [0.2, 0.25) is 0 Å². The molecule has 112 valence electrons. The second kappa shape index (κ2) is 5.73. The lowest BCUT2D eigenvalue weighted by molar-refractivity contribution is 1.05. The number of aromatic nitrogens is 2. The molecule has 0 saturated carbocycles. The zero-order valence-electron chi connectivity index (χ0n) is 13.1. The number of imidazole rings is 1. The van der Waals surface area contributed by atoms with Gasteiger partial charge in [-0.25, -0.2) is 4.98 Å². The molecule has 0 saturated heterocycles. The quantitative estimate of drug-likeness (QED) is 0.626. The molecule has 0 unspecified atom stereocenters. The van der Waals surface area contributed by atoms with Crippen LogP contribution in [0.25, 0.3) is 22.3 Å². The lowest BCUT2D eigenvalue weighted by Gasteiger charge is -2.10. The SMILES string of the molecule is CC1=CC=CC(c2nc3ccccc3n2-c2ccccc2)=CC1. The van der Waals surface area contributed by atoms with E-state index in [2.05, 4.69) is 78.3 Å². The van der Waals surface area contributed by atoms with Gasteiger partial charge in [-0.3, -0.25) is 4.57 Å². The van der Waals surface area contributed by atoms with Gasteiger partial charge >= 0.3 is 0 Å². The molecule has 1 aromatic heterocycles. The number of benzene rings is 2. The summed E-state index contributed by atoms with van der Waals surface area (Å²) in [5, 5.41) is 0. The van der Waals surface area contributed by atoms with Gasteiger partial charge in [0.15, 0.2) is 0 Å². The fourth-order valence-electron chi connectivity index (χ4n) is 2.95. The standard InChI is InChI=1S/C21H18N2/c1-16-8-7-9-17(15-14-16)21-22-19-12-5-6-13-20(19)23(21)18-10-3-2-4-11-18/h2-13,15H,14H2,1H3. The average Bonchev–Trinajstić information content (AvgIpc) is 2.84. The summed E-state index contributed by atoms with van der Waals surface area (Å²) < 4.78 is 2.24. The van der Waals surface area contributed by atoms with Crippen molar-refractivity contribution in [1.82, 2.24) is 9.55 Å². The fourth-order valence-corrected chi connectivity index (χ4v) is 2.95. The van der Waals surface area contributed by atoms with E-state index in [4.69, 9.17) is 4.98 Å². The number of hydrogen-bond acceptors (Lipinski definition) is 1. The molecule has 0 N–H and O–H groups in total. The minimum absolute atomic E-state index is 0.959. The van der Waals surface area contributed by atoms with Gasteiger partial charge in [-0.15, -0.1) is 0 Å². The van der Waals surface area contributed by atoms with Gasteiger partial charge in [0.25, 0.3) is 0 Å². The molecule has 3 aromatic rings. The minimum Gasteiger partial charge on any atom is -0.292 e. The highest BCUT2D eigenvalue weighted by Crippen LogP contribution is 2.28. The molecule has 0 aliphatic heterocycles. The number of rotatable bonds is 2. The molecule has 1 aliphatic carbocycles. The van der Waals surface area contributed by atoms with Crippen LogP contribution in [0.4, 0.5) is 0 Å². The van der Waals surface area contributed by atoms with Gasteiger partial charge in [-0.2, -0.15) is 0 Å². The maximum Gasteiger partial charge on any atom is 0.145 e. The smallest absolute Gasteiger partial charge is 0.145 e. The first kappa shape index (κ1) is 13.8. The first-order chi connectivity index (χ1) is 11.3. The number of hydrogen-bond donors (Lipinski definition) is 0. The zero-order valence-corrected chi connectivity index (χ0v) is 13.1. The Morgan fingerprint density at radius 3 is 2.61 bits per heavy atom. The van der Waals surface area contributed by atoms with E-state index in [0.29, 0.717) is 0 Å². The largest absolute Gasteiger partial charge is 0.292 e. The van der Waals surface area contributed by atoms with Crippen LogP contribution in [-0.2, 0) is 0 Å². The maximum absolute atomic E-state index is 4.90. The van der Waals surface area contributed by atoms with Crippen molar-refractivity contribution in [3.05, 3.63) is 90.3 Å². The van der Waals surface area contributed by atoms with E-state index in [9.17, 15) is 0 Å². The summed E-state index contributed by atoms with van der Waals surface area (Å²) in [5.41, 5.74) is 5.82. The first-order valence-corrected chi connectivity index (χ1v) is 7.90. The molecule has 2 heteroatoms. The van der Waals surface area contributed by atoms with E-state index in [-0.39, 0.29) is 0 Å². The lowest BCUT2D eigenvalue weighted by atomic mass is 10.1. The van der Waals surface area contributed by atoms with Crippen LogP contribution in [0.5, 0.6) is 0 Å². The van der Waals surface area contributed by atoms with Crippen molar-refractivity contribution in [2.75, 3.05) is 0 Å². The van der Waals surface area contributed by atoms with E-state index in [1.54, 1.807) is 0 Å². The molecule has 0 radical (unpaired) electrons. The van der Waals surface area contributed by atoms with Crippen molar-refractivity contribution in [3.8, 4) is 5.69 Å². The van der Waals surface area contributed by atoms with Crippen molar-refractivity contribution < 1.29 is 0 Å². The van der Waals surface area contributed by atoms with E-state index >= 15 is 0 Å². The molecule has 23 heavy (non-hydrogen) atoms. The van der Waals surface area contributed by atoms with Crippen LogP contribution in [0.1, 0.15) is 19.2 Å². The van der Waals surface area contributed by atoms with Gasteiger partial charge in [-0.1, -0.05) is 60.2 Å². The molecule has 2 nitrogen and oxygen atoms in total. The van der Waals surface area contributed by atoms with Gasteiger partial charge in [0.1, 0.15) is 5.82 Å². The van der Waals surface area contributed by atoms with Crippen molar-refractivity contribution >= 4 is 16.6 Å². The third-order valence-corrected chi connectivity index (χ3v) is 4.13. The second-order valence-corrected chi connectivity index (χ2v) is 5.83. The molecular weight excluding hydrogens is 280 g/mol. The first-order valence-electron chi connectivity index (χ1n) is 7.90. The zero-order chi connectivity index (χ0) is 15.6. The van der Waals surface area contributed by atoms with E-state index in [1.165, 1.54) is 5.57 Å². The Bertz CT molecular complexity index is 940. The van der Waals surface area contributed by atoms with Gasteiger partial charge in [-0.05, 0) is 37.6 Å². The summed E-state index contributed by atoms with van der Waals surface area (Å²) in [6, 6.07) is 18.7. The molecule has 0 fully saturated rings. The topological polar surface area (TPSA) is 17.8 Å². The Labute approximate surface area is 136 Å². The van der Waals surface area contributed by atoms with Crippen LogP contribution in [-0.4, -0.2) is 9.55 Å². The highest BCUT2D eigenvalue weighted by atomic mass is 15.1. The van der Waals surface area contributed by atoms with Crippen molar-refractivity contribution in [2.24, 2.45) is 0 Å². The summed E-state index contributed by atoms with van der Waals surface area (Å²) >= 11 is 0. The summed E-state index contributed by atoms with van der Waals surface area (Å²) in [4.78, 5) is 4.90. The Kier molecular flexibility index (Phi) is 3.43. The molecule has 1 aliphatic rings. The van der Waals surface area contributed by atoms with Crippen molar-refractivity contribution in [2.45, 2.75) is 13.3 Å². The Morgan fingerprint density at radius 2 is 1.74 bits per heavy atom. The van der Waals surface area contributed by atoms with Crippen molar-refractivity contribution in [1.29, 1.82) is 0 Å². The van der Waals surface area contributed by atoms with E-state index in [1.807, 2.05) is 12.1 Å². The molecular formula is C21H18N2. The average molecular weight is 298 g/mol. The summed E-state index contributed by atoms with van der Waals surface area (Å²) in [7, 11) is 0. The highest BCUT2D eigenvalue weighted by molar-refractivity contribution is 5.84. The van der Waals surface area contributed by atoms with Gasteiger partial charge in [0.05, 0.1) is 11.0 Å². The maximum atomic E-state index is 4.90. The molecule has 0 amide bonds. The third-order valence-electron chi connectivity index (χ3n) is 4.13.